The molecule has 1 unspecified atom stereocenters. The average molecular weight is 392 g/mol. The van der Waals surface area contributed by atoms with E-state index in [0.717, 1.165) is 23.0 Å². The molecule has 0 radical (unpaired) electrons. The van der Waals surface area contributed by atoms with Gasteiger partial charge < -0.3 is 10.8 Å². The molecular weight excluding hydrogens is 375 g/mol. The Bertz CT molecular complexity index is 771. The molecule has 2 aromatic rings. The molecule has 1 atom stereocenters. The van der Waals surface area contributed by atoms with Gasteiger partial charge in [-0.2, -0.15) is 13.2 Å². The predicted molar refractivity (Wildman–Crippen MR) is 92.9 cm³/mol. The second kappa shape index (κ2) is 7.35. The Labute approximate surface area is 152 Å². The van der Waals surface area contributed by atoms with Gasteiger partial charge >= 0.3 is 12.1 Å². The summed E-state index contributed by atoms with van der Waals surface area (Å²) in [6.07, 6.45) is -3.15. The predicted octanol–water partition coefficient (Wildman–Crippen LogP) is 5.21. The molecule has 3 nitrogen and oxygen atoms in total. The van der Waals surface area contributed by atoms with Crippen molar-refractivity contribution in [2.24, 2.45) is 5.73 Å². The average Bonchev–Trinajstić information content (AvgIpc) is 2.98. The summed E-state index contributed by atoms with van der Waals surface area (Å²) >= 11 is 7.21. The lowest BCUT2D eigenvalue weighted by Crippen LogP contribution is -2.44. The van der Waals surface area contributed by atoms with E-state index in [0.29, 0.717) is 23.4 Å². The van der Waals surface area contributed by atoms with Crippen LogP contribution in [0.3, 0.4) is 0 Å². The number of aryl methyl sites for hydroxylation is 1. The molecule has 136 valence electrons. The number of aliphatic carboxylic acids is 1. The van der Waals surface area contributed by atoms with E-state index in [-0.39, 0.29) is 11.3 Å². The smallest absolute Gasteiger partial charge is 0.417 e. The summed E-state index contributed by atoms with van der Waals surface area (Å²) in [5.41, 5.74) is 4.83. The van der Waals surface area contributed by atoms with Crippen LogP contribution in [0.25, 0.3) is 10.4 Å². The third-order valence-corrected chi connectivity index (χ3v) is 5.23. The highest BCUT2D eigenvalue weighted by atomic mass is 35.5. The largest absolute Gasteiger partial charge is 0.480 e. The zero-order valence-corrected chi connectivity index (χ0v) is 14.9. The Morgan fingerprint density at radius 1 is 1.32 bits per heavy atom. The van der Waals surface area contributed by atoms with Gasteiger partial charge in [0.25, 0.3) is 0 Å². The molecule has 3 N–H and O–H groups in total. The molecule has 0 bridgehead atoms. The van der Waals surface area contributed by atoms with Crippen molar-refractivity contribution < 1.29 is 23.1 Å². The summed E-state index contributed by atoms with van der Waals surface area (Å²) in [5.74, 6) is -1.08. The van der Waals surface area contributed by atoms with Crippen LogP contribution in [0.15, 0.2) is 29.6 Å². The Morgan fingerprint density at radius 3 is 2.56 bits per heavy atom. The SMILES string of the molecule is CC(N)(CCCc1ccc(-c2sccc2C(F)(F)F)cc1Cl)C(=O)O. The monoisotopic (exact) mass is 391 g/mol. The molecule has 8 heteroatoms. The van der Waals surface area contributed by atoms with Gasteiger partial charge in [-0.1, -0.05) is 23.7 Å². The number of carboxylic acids is 1. The Morgan fingerprint density at radius 2 is 2.00 bits per heavy atom. The third kappa shape index (κ3) is 4.74. The van der Waals surface area contributed by atoms with Crippen LogP contribution >= 0.6 is 22.9 Å². The number of benzene rings is 1. The fraction of sp³-hybridized carbons (Fsp3) is 0.353. The van der Waals surface area contributed by atoms with E-state index in [1.807, 2.05) is 0 Å². The number of alkyl halides is 3. The molecule has 1 aromatic heterocycles. The molecule has 1 heterocycles. The van der Waals surface area contributed by atoms with Crippen molar-refractivity contribution >= 4 is 28.9 Å². The third-order valence-electron chi connectivity index (χ3n) is 3.92. The fourth-order valence-electron chi connectivity index (χ4n) is 2.40. The molecule has 0 aliphatic heterocycles. The van der Waals surface area contributed by atoms with Gasteiger partial charge in [0, 0.05) is 9.90 Å². The molecular formula is C17H17ClF3NO2S. The zero-order chi connectivity index (χ0) is 18.8. The zero-order valence-electron chi connectivity index (χ0n) is 13.4. The van der Waals surface area contributed by atoms with Crippen LogP contribution in [0.5, 0.6) is 0 Å². The van der Waals surface area contributed by atoms with Gasteiger partial charge in [-0.15, -0.1) is 11.3 Å². The molecule has 0 saturated carbocycles. The van der Waals surface area contributed by atoms with Crippen LogP contribution in [0, 0.1) is 0 Å². The summed E-state index contributed by atoms with van der Waals surface area (Å²) in [7, 11) is 0. The minimum atomic E-state index is -4.41. The van der Waals surface area contributed by atoms with Crippen molar-refractivity contribution in [3.05, 3.63) is 45.8 Å². The van der Waals surface area contributed by atoms with E-state index < -0.39 is 23.2 Å². The highest BCUT2D eigenvalue weighted by Gasteiger charge is 2.34. The quantitative estimate of drug-likeness (QED) is 0.710. The number of carbonyl (C=O) groups is 1. The molecule has 1 aromatic carbocycles. The molecule has 0 amide bonds. The van der Waals surface area contributed by atoms with Gasteiger partial charge in [-0.05, 0) is 54.8 Å². The molecule has 0 aliphatic rings. The summed E-state index contributed by atoms with van der Waals surface area (Å²) in [5, 5.41) is 10.7. The molecule has 2 rings (SSSR count). The van der Waals surface area contributed by atoms with Crippen LogP contribution in [0.4, 0.5) is 13.2 Å². The lowest BCUT2D eigenvalue weighted by Gasteiger charge is -2.18. The molecule has 0 aliphatic carbocycles. The van der Waals surface area contributed by atoms with E-state index >= 15 is 0 Å². The second-order valence-electron chi connectivity index (χ2n) is 6.04. The first-order chi connectivity index (χ1) is 11.5. The summed E-state index contributed by atoms with van der Waals surface area (Å²) in [6, 6.07) is 5.83. The van der Waals surface area contributed by atoms with E-state index in [2.05, 4.69) is 0 Å². The van der Waals surface area contributed by atoms with Crippen LogP contribution < -0.4 is 5.73 Å². The summed E-state index contributed by atoms with van der Waals surface area (Å²) in [6.45, 7) is 1.44. The Balaban J connectivity index is 2.14. The van der Waals surface area contributed by atoms with Crippen LogP contribution in [0.1, 0.15) is 30.9 Å². The summed E-state index contributed by atoms with van der Waals surface area (Å²) < 4.78 is 39.0. The van der Waals surface area contributed by atoms with Crippen molar-refractivity contribution in [1.82, 2.24) is 0 Å². The molecule has 25 heavy (non-hydrogen) atoms. The van der Waals surface area contributed by atoms with E-state index in [4.69, 9.17) is 22.4 Å². The van der Waals surface area contributed by atoms with Crippen LogP contribution in [-0.4, -0.2) is 16.6 Å². The van der Waals surface area contributed by atoms with Crippen molar-refractivity contribution in [3.63, 3.8) is 0 Å². The first-order valence-corrected chi connectivity index (χ1v) is 8.74. The second-order valence-corrected chi connectivity index (χ2v) is 7.37. The van der Waals surface area contributed by atoms with Crippen molar-refractivity contribution in [2.45, 2.75) is 37.9 Å². The number of hydrogen-bond donors (Lipinski definition) is 2. The number of rotatable bonds is 6. The van der Waals surface area contributed by atoms with Gasteiger partial charge in [0.1, 0.15) is 5.54 Å². The van der Waals surface area contributed by atoms with E-state index in [9.17, 15) is 18.0 Å². The topological polar surface area (TPSA) is 63.3 Å². The fourth-order valence-corrected chi connectivity index (χ4v) is 3.59. The Kier molecular flexibility index (Phi) is 5.81. The first kappa shape index (κ1) is 19.8. The minimum Gasteiger partial charge on any atom is -0.480 e. The van der Waals surface area contributed by atoms with E-state index in [1.165, 1.54) is 18.4 Å². The number of nitrogens with two attached hydrogens (primary N) is 1. The lowest BCUT2D eigenvalue weighted by molar-refractivity contribution is -0.143. The van der Waals surface area contributed by atoms with Gasteiger partial charge in [0.2, 0.25) is 0 Å². The lowest BCUT2D eigenvalue weighted by atomic mass is 9.94. The Hall–Kier alpha value is -1.57. The standard InChI is InChI=1S/C17H17ClF3NO2S/c1-16(22,15(23)24)7-2-3-10-4-5-11(9-13(10)18)14-12(6-8-25-14)17(19,20)21/h4-6,8-9H,2-3,7,22H2,1H3,(H,23,24). The molecule has 0 spiro atoms. The van der Waals surface area contributed by atoms with Gasteiger partial charge in [0.15, 0.2) is 0 Å². The van der Waals surface area contributed by atoms with Crippen molar-refractivity contribution in [2.75, 3.05) is 0 Å². The first-order valence-electron chi connectivity index (χ1n) is 7.48. The molecule has 0 saturated heterocycles. The summed E-state index contributed by atoms with van der Waals surface area (Å²) in [4.78, 5) is 11.1. The number of hydrogen-bond acceptors (Lipinski definition) is 3. The normalized spacial score (nSPS) is 14.3. The maximum atomic E-state index is 13.0. The number of thiophene rings is 1. The van der Waals surface area contributed by atoms with Gasteiger partial charge in [0.05, 0.1) is 5.56 Å². The van der Waals surface area contributed by atoms with Crippen LogP contribution in [-0.2, 0) is 17.4 Å². The van der Waals surface area contributed by atoms with E-state index in [1.54, 1.807) is 12.1 Å². The maximum absolute atomic E-state index is 13.0. The van der Waals surface area contributed by atoms with Crippen molar-refractivity contribution in [1.29, 1.82) is 0 Å². The molecule has 0 fully saturated rings. The van der Waals surface area contributed by atoms with Gasteiger partial charge in [-0.3, -0.25) is 4.79 Å². The minimum absolute atomic E-state index is 0.126. The van der Waals surface area contributed by atoms with Crippen molar-refractivity contribution in [3.8, 4) is 10.4 Å². The maximum Gasteiger partial charge on any atom is 0.417 e. The van der Waals surface area contributed by atoms with Crippen LogP contribution in [0.2, 0.25) is 5.02 Å². The highest BCUT2D eigenvalue weighted by Crippen LogP contribution is 2.41. The number of halogens is 4. The highest BCUT2D eigenvalue weighted by molar-refractivity contribution is 7.13. The number of carboxylic acid groups (broad SMARTS) is 1. The van der Waals surface area contributed by atoms with Gasteiger partial charge in [-0.25, -0.2) is 0 Å².